The van der Waals surface area contributed by atoms with Crippen LogP contribution in [0.25, 0.3) is 0 Å². The lowest BCUT2D eigenvalue weighted by Gasteiger charge is -2.37. The van der Waals surface area contributed by atoms with E-state index in [0.29, 0.717) is 6.42 Å². The highest BCUT2D eigenvalue weighted by Gasteiger charge is 2.28. The summed E-state index contributed by atoms with van der Waals surface area (Å²) in [5.74, 6) is 0.109. The van der Waals surface area contributed by atoms with E-state index in [4.69, 9.17) is 4.74 Å². The van der Waals surface area contributed by atoms with Gasteiger partial charge in [-0.15, -0.1) is 0 Å². The maximum absolute atomic E-state index is 11.4. The summed E-state index contributed by atoms with van der Waals surface area (Å²) in [5.41, 5.74) is 0. The molecule has 110 valence electrons. The van der Waals surface area contributed by atoms with Crippen LogP contribution in [0.3, 0.4) is 0 Å². The average molecular weight is 270 g/mol. The van der Waals surface area contributed by atoms with Crippen molar-refractivity contribution >= 4 is 11.9 Å². The number of likely N-dealkylation sites (tertiary alicyclic amines) is 1. The number of nitrogens with one attached hydrogen (secondary N) is 1. The van der Waals surface area contributed by atoms with Crippen LogP contribution in [0.4, 0.5) is 0 Å². The Hall–Kier alpha value is -1.10. The minimum atomic E-state index is -0.163. The third kappa shape index (κ3) is 6.05. The molecule has 1 rings (SSSR count). The van der Waals surface area contributed by atoms with Crippen molar-refractivity contribution in [1.29, 1.82) is 0 Å². The molecule has 0 saturated carbocycles. The molecule has 1 fully saturated rings. The Kier molecular flexibility index (Phi) is 6.84. The van der Waals surface area contributed by atoms with Crippen molar-refractivity contribution in [3.63, 3.8) is 0 Å². The number of amides is 1. The minimum absolute atomic E-state index is 0.000778. The van der Waals surface area contributed by atoms with Gasteiger partial charge in [0.2, 0.25) is 5.91 Å². The number of esters is 1. The van der Waals surface area contributed by atoms with Gasteiger partial charge in [0.1, 0.15) is 0 Å². The van der Waals surface area contributed by atoms with E-state index in [1.54, 1.807) is 6.92 Å². The van der Waals surface area contributed by atoms with E-state index in [2.05, 4.69) is 17.1 Å². The summed E-state index contributed by atoms with van der Waals surface area (Å²) in [7, 11) is 1.42. The van der Waals surface area contributed by atoms with Crippen molar-refractivity contribution in [1.82, 2.24) is 10.2 Å². The second kappa shape index (κ2) is 8.15. The molecular weight excluding hydrogens is 244 g/mol. The van der Waals surface area contributed by atoms with Crippen LogP contribution in [0.1, 0.15) is 39.5 Å². The molecule has 0 radical (unpaired) electrons. The van der Waals surface area contributed by atoms with Gasteiger partial charge in [-0.1, -0.05) is 13.3 Å². The Morgan fingerprint density at radius 1 is 1.37 bits per heavy atom. The van der Waals surface area contributed by atoms with E-state index in [0.717, 1.165) is 38.9 Å². The summed E-state index contributed by atoms with van der Waals surface area (Å²) in [6, 6.07) is 0.151. The first-order valence-electron chi connectivity index (χ1n) is 7.11. The number of unbranched alkanes of at least 4 members (excludes halogenated alkanes) is 1. The zero-order valence-corrected chi connectivity index (χ0v) is 12.3. The van der Waals surface area contributed by atoms with Crippen molar-refractivity contribution in [2.75, 3.05) is 26.7 Å². The average Bonchev–Trinajstić information content (AvgIpc) is 2.35. The molecule has 1 amide bonds. The van der Waals surface area contributed by atoms with Gasteiger partial charge in [-0.3, -0.25) is 9.59 Å². The number of piperidine rings is 1. The van der Waals surface area contributed by atoms with E-state index in [9.17, 15) is 9.59 Å². The maximum Gasteiger partial charge on any atom is 0.305 e. The lowest BCUT2D eigenvalue weighted by Crippen LogP contribution is -2.50. The first kappa shape index (κ1) is 16.0. The monoisotopic (exact) mass is 270 g/mol. The predicted molar refractivity (Wildman–Crippen MR) is 73.7 cm³/mol. The van der Waals surface area contributed by atoms with E-state index < -0.39 is 0 Å². The molecule has 2 unspecified atom stereocenters. The summed E-state index contributed by atoms with van der Waals surface area (Å²) in [6.07, 6.45) is 3.60. The predicted octanol–water partition coefficient (Wildman–Crippen LogP) is 1.18. The standard InChI is InChI=1S/C14H26N2O3/c1-4-5-6-16-9-12(8-14(18)19-3)7-13(10-16)15-11(2)17/h12-13H,4-10H2,1-3H3,(H,15,17). The smallest absolute Gasteiger partial charge is 0.305 e. The topological polar surface area (TPSA) is 58.6 Å². The minimum Gasteiger partial charge on any atom is -0.469 e. The first-order chi connectivity index (χ1) is 9.05. The van der Waals surface area contributed by atoms with Gasteiger partial charge >= 0.3 is 5.97 Å². The lowest BCUT2D eigenvalue weighted by atomic mass is 9.91. The fourth-order valence-electron chi connectivity index (χ4n) is 2.73. The molecule has 5 nitrogen and oxygen atoms in total. The van der Waals surface area contributed by atoms with Crippen LogP contribution in [0.15, 0.2) is 0 Å². The van der Waals surface area contributed by atoms with Gasteiger partial charge in [0.05, 0.1) is 7.11 Å². The van der Waals surface area contributed by atoms with Crippen LogP contribution in [-0.2, 0) is 14.3 Å². The van der Waals surface area contributed by atoms with Crippen molar-refractivity contribution < 1.29 is 14.3 Å². The zero-order valence-electron chi connectivity index (χ0n) is 12.3. The van der Waals surface area contributed by atoms with Crippen molar-refractivity contribution in [3.05, 3.63) is 0 Å². The number of nitrogens with zero attached hydrogens (tertiary/aromatic N) is 1. The third-order valence-electron chi connectivity index (χ3n) is 3.53. The molecule has 0 aromatic heterocycles. The molecule has 1 aliphatic heterocycles. The number of hydrogen-bond donors (Lipinski definition) is 1. The van der Waals surface area contributed by atoms with E-state index >= 15 is 0 Å². The highest BCUT2D eigenvalue weighted by atomic mass is 16.5. The molecule has 2 atom stereocenters. The SMILES string of the molecule is CCCCN1CC(CC(=O)OC)CC(NC(C)=O)C1. The Bertz CT molecular complexity index is 307. The number of rotatable bonds is 6. The van der Waals surface area contributed by atoms with Gasteiger partial charge in [-0.25, -0.2) is 0 Å². The molecule has 0 aromatic rings. The number of methoxy groups -OCH3 is 1. The fourth-order valence-corrected chi connectivity index (χ4v) is 2.73. The van der Waals surface area contributed by atoms with Crippen molar-refractivity contribution in [2.45, 2.75) is 45.6 Å². The molecule has 0 aromatic carbocycles. The van der Waals surface area contributed by atoms with E-state index in [1.807, 2.05) is 0 Å². The summed E-state index contributed by atoms with van der Waals surface area (Å²) < 4.78 is 4.74. The van der Waals surface area contributed by atoms with Gasteiger partial charge in [0.25, 0.3) is 0 Å². The van der Waals surface area contributed by atoms with E-state index in [-0.39, 0.29) is 23.8 Å². The van der Waals surface area contributed by atoms with Crippen LogP contribution in [-0.4, -0.2) is 49.6 Å². The van der Waals surface area contributed by atoms with E-state index in [1.165, 1.54) is 7.11 Å². The molecule has 0 aliphatic carbocycles. The van der Waals surface area contributed by atoms with Crippen LogP contribution in [0.2, 0.25) is 0 Å². The van der Waals surface area contributed by atoms with Crippen LogP contribution in [0.5, 0.6) is 0 Å². The van der Waals surface area contributed by atoms with Gasteiger partial charge in [0.15, 0.2) is 0 Å². The number of carbonyl (C=O) groups is 2. The van der Waals surface area contributed by atoms with Crippen molar-refractivity contribution in [3.8, 4) is 0 Å². The lowest BCUT2D eigenvalue weighted by molar-refractivity contribution is -0.142. The molecule has 0 spiro atoms. The largest absolute Gasteiger partial charge is 0.469 e. The molecule has 1 saturated heterocycles. The maximum atomic E-state index is 11.4. The highest BCUT2D eigenvalue weighted by Crippen LogP contribution is 2.21. The summed E-state index contributed by atoms with van der Waals surface area (Å²) in [4.78, 5) is 24.9. The fraction of sp³-hybridized carbons (Fsp3) is 0.857. The van der Waals surface area contributed by atoms with Gasteiger partial charge in [0, 0.05) is 32.5 Å². The summed E-state index contributed by atoms with van der Waals surface area (Å²) in [6.45, 7) is 6.55. The first-order valence-corrected chi connectivity index (χ1v) is 7.11. The van der Waals surface area contributed by atoms with Crippen LogP contribution < -0.4 is 5.32 Å². The number of carbonyl (C=O) groups excluding carboxylic acids is 2. The van der Waals surface area contributed by atoms with Gasteiger partial charge in [-0.2, -0.15) is 0 Å². The van der Waals surface area contributed by atoms with Crippen molar-refractivity contribution in [2.24, 2.45) is 5.92 Å². The molecule has 0 bridgehead atoms. The van der Waals surface area contributed by atoms with Gasteiger partial charge in [-0.05, 0) is 25.3 Å². The quantitative estimate of drug-likeness (QED) is 0.736. The Morgan fingerprint density at radius 2 is 2.11 bits per heavy atom. The summed E-state index contributed by atoms with van der Waals surface area (Å²) in [5, 5.41) is 2.98. The third-order valence-corrected chi connectivity index (χ3v) is 3.53. The molecule has 1 N–H and O–H groups in total. The highest BCUT2D eigenvalue weighted by molar-refractivity contribution is 5.73. The molecule has 5 heteroatoms. The van der Waals surface area contributed by atoms with Crippen LogP contribution >= 0.6 is 0 Å². The second-order valence-corrected chi connectivity index (χ2v) is 5.39. The normalized spacial score (nSPS) is 23.9. The Labute approximate surface area is 115 Å². The summed E-state index contributed by atoms with van der Waals surface area (Å²) >= 11 is 0. The molecule has 1 aliphatic rings. The van der Waals surface area contributed by atoms with Gasteiger partial charge < -0.3 is 15.0 Å². The number of hydrogen-bond acceptors (Lipinski definition) is 4. The Balaban J connectivity index is 2.55. The van der Waals surface area contributed by atoms with Crippen LogP contribution in [0, 0.1) is 5.92 Å². The molecule has 1 heterocycles. The zero-order chi connectivity index (χ0) is 14.3. The second-order valence-electron chi connectivity index (χ2n) is 5.39. The molecule has 19 heavy (non-hydrogen) atoms. The number of ether oxygens (including phenoxy) is 1. The Morgan fingerprint density at radius 3 is 2.68 bits per heavy atom. The molecular formula is C14H26N2O3.